The van der Waals surface area contributed by atoms with Crippen LogP contribution in [0.1, 0.15) is 12.3 Å². The minimum absolute atomic E-state index is 0.0879. The fourth-order valence-electron chi connectivity index (χ4n) is 1.98. The van der Waals surface area contributed by atoms with Gasteiger partial charge in [-0.15, -0.1) is 0 Å². The lowest BCUT2D eigenvalue weighted by molar-refractivity contribution is -0.119. The summed E-state index contributed by atoms with van der Waals surface area (Å²) in [5.74, 6) is 0.189. The molecule has 0 aliphatic rings. The number of nitrogens with zero attached hydrogens (tertiary/aromatic N) is 2. The molecule has 1 aromatic carbocycles. The van der Waals surface area contributed by atoms with Gasteiger partial charge < -0.3 is 8.94 Å². The van der Waals surface area contributed by atoms with Crippen molar-refractivity contribution in [3.05, 3.63) is 53.6 Å². The number of aromatic nitrogens is 2. The summed E-state index contributed by atoms with van der Waals surface area (Å²) in [6.07, 6.45) is 1.42. The van der Waals surface area contributed by atoms with Gasteiger partial charge in [0.15, 0.2) is 5.76 Å². The van der Waals surface area contributed by atoms with E-state index in [4.69, 9.17) is 20.5 Å². The van der Waals surface area contributed by atoms with Crippen LogP contribution in [0.15, 0.2) is 56.5 Å². The maximum absolute atomic E-state index is 12.1. The van der Waals surface area contributed by atoms with Gasteiger partial charge in [0.25, 0.3) is 10.0 Å². The molecule has 130 valence electrons. The highest BCUT2D eigenvalue weighted by molar-refractivity contribution is 7.90. The first kappa shape index (κ1) is 17.2. The van der Waals surface area contributed by atoms with E-state index in [1.54, 1.807) is 12.1 Å². The second-order valence-electron chi connectivity index (χ2n) is 4.98. The Kier molecular flexibility index (Phi) is 4.86. The van der Waals surface area contributed by atoms with Crippen molar-refractivity contribution in [2.24, 2.45) is 0 Å². The number of carbonyl (C=O) groups excluding carboxylic acids is 1. The number of halogens is 1. The van der Waals surface area contributed by atoms with Crippen LogP contribution >= 0.6 is 11.6 Å². The number of amides is 1. The Morgan fingerprint density at radius 1 is 1.24 bits per heavy atom. The fourth-order valence-corrected chi connectivity index (χ4v) is 3.29. The van der Waals surface area contributed by atoms with Gasteiger partial charge in [0, 0.05) is 17.9 Å². The van der Waals surface area contributed by atoms with Gasteiger partial charge in [-0.05, 0) is 30.3 Å². The van der Waals surface area contributed by atoms with E-state index in [2.05, 4.69) is 10.1 Å². The highest BCUT2D eigenvalue weighted by Crippen LogP contribution is 2.17. The number of hydrogen-bond acceptors (Lipinski definition) is 7. The van der Waals surface area contributed by atoms with E-state index < -0.39 is 15.9 Å². The van der Waals surface area contributed by atoms with Crippen LogP contribution in [0.5, 0.6) is 0 Å². The Morgan fingerprint density at radius 2 is 2.08 bits per heavy atom. The lowest BCUT2D eigenvalue weighted by Crippen LogP contribution is -2.30. The molecule has 2 heterocycles. The molecule has 0 radical (unpaired) electrons. The first-order chi connectivity index (χ1) is 11.9. The molecule has 0 atom stereocenters. The SMILES string of the molecule is O=C(CCc1nc(-c2ccco2)no1)NS(=O)(=O)c1cccc(Cl)c1. The molecule has 0 bridgehead atoms. The molecule has 0 aliphatic carbocycles. The topological polar surface area (TPSA) is 115 Å². The average molecular weight is 382 g/mol. The van der Waals surface area contributed by atoms with E-state index in [1.165, 1.54) is 30.5 Å². The third-order valence-electron chi connectivity index (χ3n) is 3.13. The highest BCUT2D eigenvalue weighted by atomic mass is 35.5. The van der Waals surface area contributed by atoms with Crippen molar-refractivity contribution < 1.29 is 22.2 Å². The zero-order chi connectivity index (χ0) is 17.9. The van der Waals surface area contributed by atoms with Crippen molar-refractivity contribution in [3.8, 4) is 11.6 Å². The molecule has 8 nitrogen and oxygen atoms in total. The van der Waals surface area contributed by atoms with Crippen molar-refractivity contribution in [1.82, 2.24) is 14.9 Å². The minimum Gasteiger partial charge on any atom is -0.461 e. The molecule has 0 saturated heterocycles. The number of nitrogens with one attached hydrogen (secondary N) is 1. The van der Waals surface area contributed by atoms with E-state index in [0.717, 1.165) is 0 Å². The van der Waals surface area contributed by atoms with Gasteiger partial charge in [-0.25, -0.2) is 13.1 Å². The number of carbonyl (C=O) groups is 1. The Morgan fingerprint density at radius 3 is 2.80 bits per heavy atom. The highest BCUT2D eigenvalue weighted by Gasteiger charge is 2.19. The van der Waals surface area contributed by atoms with Crippen molar-refractivity contribution in [3.63, 3.8) is 0 Å². The van der Waals surface area contributed by atoms with Crippen molar-refractivity contribution in [1.29, 1.82) is 0 Å². The molecule has 0 unspecified atom stereocenters. The molecule has 0 saturated carbocycles. The van der Waals surface area contributed by atoms with Gasteiger partial charge in [-0.2, -0.15) is 4.98 Å². The molecule has 0 aliphatic heterocycles. The molecule has 0 spiro atoms. The van der Waals surface area contributed by atoms with Crippen LogP contribution in [-0.2, 0) is 21.2 Å². The number of furan rings is 1. The zero-order valence-electron chi connectivity index (χ0n) is 12.7. The summed E-state index contributed by atoms with van der Waals surface area (Å²) in [4.78, 5) is 15.9. The number of benzene rings is 1. The van der Waals surface area contributed by atoms with E-state index in [9.17, 15) is 13.2 Å². The standard InChI is InChI=1S/C15H12ClN3O5S/c16-10-3-1-4-11(9-10)25(21,22)19-13(20)6-7-14-17-15(18-24-14)12-5-2-8-23-12/h1-5,8-9H,6-7H2,(H,19,20). The van der Waals surface area contributed by atoms with Gasteiger partial charge >= 0.3 is 0 Å². The summed E-state index contributed by atoms with van der Waals surface area (Å²) in [6, 6.07) is 8.96. The van der Waals surface area contributed by atoms with E-state index in [0.29, 0.717) is 5.76 Å². The van der Waals surface area contributed by atoms with Crippen LogP contribution < -0.4 is 4.72 Å². The fraction of sp³-hybridized carbons (Fsp3) is 0.133. The summed E-state index contributed by atoms with van der Waals surface area (Å²) in [6.45, 7) is 0. The van der Waals surface area contributed by atoms with Crippen LogP contribution in [-0.4, -0.2) is 24.5 Å². The Balaban J connectivity index is 1.60. The number of hydrogen-bond donors (Lipinski definition) is 1. The second-order valence-corrected chi connectivity index (χ2v) is 7.09. The van der Waals surface area contributed by atoms with Crippen LogP contribution in [0.4, 0.5) is 0 Å². The van der Waals surface area contributed by atoms with Crippen LogP contribution in [0.25, 0.3) is 11.6 Å². The largest absolute Gasteiger partial charge is 0.461 e. The van der Waals surface area contributed by atoms with Crippen molar-refractivity contribution in [2.45, 2.75) is 17.7 Å². The molecule has 10 heteroatoms. The molecule has 3 rings (SSSR count). The van der Waals surface area contributed by atoms with E-state index in [-0.39, 0.29) is 34.5 Å². The van der Waals surface area contributed by atoms with Crippen molar-refractivity contribution in [2.75, 3.05) is 0 Å². The predicted molar refractivity (Wildman–Crippen MR) is 87.1 cm³/mol. The smallest absolute Gasteiger partial charge is 0.264 e. The summed E-state index contributed by atoms with van der Waals surface area (Å²) in [5, 5.41) is 3.98. The van der Waals surface area contributed by atoms with Crippen LogP contribution in [0, 0.1) is 0 Å². The van der Waals surface area contributed by atoms with Gasteiger partial charge in [0.1, 0.15) is 0 Å². The second kappa shape index (κ2) is 7.08. The number of rotatable bonds is 6. The first-order valence-corrected chi connectivity index (χ1v) is 8.98. The number of aryl methyl sites for hydroxylation is 1. The van der Waals surface area contributed by atoms with Crippen LogP contribution in [0.3, 0.4) is 0 Å². The summed E-state index contributed by atoms with van der Waals surface area (Å²) in [5.41, 5.74) is 0. The molecule has 25 heavy (non-hydrogen) atoms. The summed E-state index contributed by atoms with van der Waals surface area (Å²) < 4.78 is 36.3. The maximum atomic E-state index is 12.1. The van der Waals surface area contributed by atoms with Crippen LogP contribution in [0.2, 0.25) is 5.02 Å². The molecule has 0 fully saturated rings. The summed E-state index contributed by atoms with van der Waals surface area (Å²) in [7, 11) is -3.98. The lowest BCUT2D eigenvalue weighted by atomic mass is 10.3. The van der Waals surface area contributed by atoms with E-state index in [1.807, 2.05) is 4.72 Å². The molecule has 1 amide bonds. The molecular weight excluding hydrogens is 370 g/mol. The van der Waals surface area contributed by atoms with Gasteiger partial charge in [0.2, 0.25) is 17.6 Å². The minimum atomic E-state index is -3.98. The third-order valence-corrected chi connectivity index (χ3v) is 4.74. The molecule has 1 N–H and O–H groups in total. The Bertz CT molecular complexity index is 982. The Labute approximate surface area is 147 Å². The third kappa shape index (κ3) is 4.25. The first-order valence-electron chi connectivity index (χ1n) is 7.12. The quantitative estimate of drug-likeness (QED) is 0.697. The van der Waals surface area contributed by atoms with Crippen molar-refractivity contribution >= 4 is 27.5 Å². The molecule has 3 aromatic rings. The lowest BCUT2D eigenvalue weighted by Gasteiger charge is -2.06. The molecular formula is C15H12ClN3O5S. The zero-order valence-corrected chi connectivity index (χ0v) is 14.2. The summed E-state index contributed by atoms with van der Waals surface area (Å²) >= 11 is 5.76. The Hall–Kier alpha value is -2.65. The normalized spacial score (nSPS) is 11.4. The molecule has 2 aromatic heterocycles. The monoisotopic (exact) mass is 381 g/mol. The van der Waals surface area contributed by atoms with Gasteiger partial charge in [-0.1, -0.05) is 22.8 Å². The van der Waals surface area contributed by atoms with E-state index >= 15 is 0 Å². The average Bonchev–Trinajstić information content (AvgIpc) is 3.24. The maximum Gasteiger partial charge on any atom is 0.264 e. The number of sulfonamides is 1. The predicted octanol–water partition coefficient (Wildman–Crippen LogP) is 2.42. The van der Waals surface area contributed by atoms with Gasteiger partial charge in [0.05, 0.1) is 11.2 Å². The van der Waals surface area contributed by atoms with Gasteiger partial charge in [-0.3, -0.25) is 4.79 Å².